The van der Waals surface area contributed by atoms with Crippen molar-refractivity contribution >= 4 is 16.9 Å². The Kier molecular flexibility index (Phi) is 5.58. The van der Waals surface area contributed by atoms with Crippen LogP contribution in [0.4, 0.5) is 13.2 Å². The van der Waals surface area contributed by atoms with Gasteiger partial charge in [0.2, 0.25) is 0 Å². The minimum Gasteiger partial charge on any atom is -0.481 e. The molecular weight excluding hydrogens is 373 g/mol. The highest BCUT2D eigenvalue weighted by molar-refractivity contribution is 5.86. The summed E-state index contributed by atoms with van der Waals surface area (Å²) in [4.78, 5) is 11.7. The van der Waals surface area contributed by atoms with E-state index in [1.54, 1.807) is 24.4 Å². The van der Waals surface area contributed by atoms with E-state index in [9.17, 15) is 18.0 Å². The van der Waals surface area contributed by atoms with Gasteiger partial charge in [0.15, 0.2) is 6.61 Å². The predicted octanol–water partition coefficient (Wildman–Crippen LogP) is 4.62. The van der Waals surface area contributed by atoms with E-state index >= 15 is 0 Å². The number of carbonyl (C=O) groups excluding carboxylic acids is 1. The van der Waals surface area contributed by atoms with E-state index in [1.807, 2.05) is 13.8 Å². The molecule has 0 radical (unpaired) electrons. The van der Waals surface area contributed by atoms with Crippen molar-refractivity contribution in [2.45, 2.75) is 20.0 Å². The van der Waals surface area contributed by atoms with E-state index in [0.717, 1.165) is 12.1 Å². The first-order chi connectivity index (χ1) is 13.3. The van der Waals surface area contributed by atoms with Crippen LogP contribution in [0.15, 0.2) is 48.7 Å². The molecule has 0 unspecified atom stereocenters. The summed E-state index contributed by atoms with van der Waals surface area (Å²) in [5.74, 6) is 0.201. The van der Waals surface area contributed by atoms with Crippen molar-refractivity contribution in [2.75, 3.05) is 13.2 Å². The standard InChI is InChI=1S/C20H19F3N2O3/c1-13(2)11-28-19(26)12-27-18-5-3-4-17-16(18)10-24-25(17)15-8-6-14(7-9-15)20(21,22)23/h3-10,13H,11-12H2,1-2H3. The lowest BCUT2D eigenvalue weighted by atomic mass is 10.2. The zero-order valence-corrected chi connectivity index (χ0v) is 15.4. The Morgan fingerprint density at radius 1 is 1.14 bits per heavy atom. The topological polar surface area (TPSA) is 53.4 Å². The molecule has 0 amide bonds. The maximum atomic E-state index is 12.7. The van der Waals surface area contributed by atoms with Crippen LogP contribution in [-0.4, -0.2) is 29.0 Å². The number of ether oxygens (including phenoxy) is 2. The van der Waals surface area contributed by atoms with Gasteiger partial charge in [-0.15, -0.1) is 0 Å². The first-order valence-electron chi connectivity index (χ1n) is 8.68. The molecule has 0 N–H and O–H groups in total. The number of benzene rings is 2. The number of carbonyl (C=O) groups is 1. The van der Waals surface area contributed by atoms with Crippen LogP contribution in [0.2, 0.25) is 0 Å². The molecule has 1 aromatic heterocycles. The smallest absolute Gasteiger partial charge is 0.416 e. The van der Waals surface area contributed by atoms with Gasteiger partial charge in [-0.05, 0) is 42.3 Å². The van der Waals surface area contributed by atoms with Crippen LogP contribution < -0.4 is 4.74 Å². The van der Waals surface area contributed by atoms with Crippen LogP contribution in [0.1, 0.15) is 19.4 Å². The molecule has 0 spiro atoms. The van der Waals surface area contributed by atoms with E-state index in [1.165, 1.54) is 16.8 Å². The molecule has 0 aliphatic carbocycles. The number of aromatic nitrogens is 2. The lowest BCUT2D eigenvalue weighted by molar-refractivity contribution is -0.147. The summed E-state index contributed by atoms with van der Waals surface area (Å²) in [5, 5.41) is 4.88. The van der Waals surface area contributed by atoms with E-state index in [2.05, 4.69) is 5.10 Å². The summed E-state index contributed by atoms with van der Waals surface area (Å²) in [6.45, 7) is 3.95. The van der Waals surface area contributed by atoms with Crippen molar-refractivity contribution in [3.05, 3.63) is 54.2 Å². The van der Waals surface area contributed by atoms with Crippen molar-refractivity contribution < 1.29 is 27.4 Å². The normalized spacial score (nSPS) is 11.8. The molecular formula is C20H19F3N2O3. The highest BCUT2D eigenvalue weighted by Gasteiger charge is 2.30. The molecule has 0 aliphatic rings. The van der Waals surface area contributed by atoms with Crippen molar-refractivity contribution in [3.63, 3.8) is 0 Å². The second kappa shape index (κ2) is 7.92. The third-order valence-electron chi connectivity index (χ3n) is 3.94. The third kappa shape index (κ3) is 4.44. The van der Waals surface area contributed by atoms with Gasteiger partial charge in [0, 0.05) is 0 Å². The Morgan fingerprint density at radius 2 is 1.86 bits per heavy atom. The zero-order chi connectivity index (χ0) is 20.3. The Bertz CT molecular complexity index is 963. The number of hydrogen-bond acceptors (Lipinski definition) is 4. The Morgan fingerprint density at radius 3 is 2.50 bits per heavy atom. The van der Waals surface area contributed by atoms with Crippen molar-refractivity contribution in [1.82, 2.24) is 9.78 Å². The van der Waals surface area contributed by atoms with Gasteiger partial charge in [-0.1, -0.05) is 19.9 Å². The van der Waals surface area contributed by atoms with Gasteiger partial charge in [0.05, 0.1) is 35.0 Å². The molecule has 148 valence electrons. The summed E-state index contributed by atoms with van der Waals surface area (Å²) < 4.78 is 50.4. The second-order valence-electron chi connectivity index (χ2n) is 6.66. The van der Waals surface area contributed by atoms with Gasteiger partial charge in [-0.25, -0.2) is 9.48 Å². The van der Waals surface area contributed by atoms with Crippen LogP contribution in [-0.2, 0) is 15.7 Å². The lowest BCUT2D eigenvalue weighted by Crippen LogP contribution is -2.17. The molecule has 0 atom stereocenters. The van der Waals surface area contributed by atoms with Crippen LogP contribution in [0.3, 0.4) is 0 Å². The van der Waals surface area contributed by atoms with Crippen molar-refractivity contribution in [1.29, 1.82) is 0 Å². The highest BCUT2D eigenvalue weighted by Crippen LogP contribution is 2.31. The Balaban J connectivity index is 1.80. The number of fused-ring (bicyclic) bond motifs is 1. The number of halogens is 3. The Hall–Kier alpha value is -3.03. The minimum atomic E-state index is -4.39. The molecule has 3 rings (SSSR count). The highest BCUT2D eigenvalue weighted by atomic mass is 19.4. The molecule has 1 heterocycles. The molecule has 2 aromatic carbocycles. The summed E-state index contributed by atoms with van der Waals surface area (Å²) in [6, 6.07) is 9.90. The van der Waals surface area contributed by atoms with Gasteiger partial charge >= 0.3 is 12.1 Å². The number of nitrogens with zero attached hydrogens (tertiary/aromatic N) is 2. The fourth-order valence-corrected chi connectivity index (χ4v) is 2.59. The van der Waals surface area contributed by atoms with Crippen LogP contribution in [0.5, 0.6) is 5.75 Å². The average molecular weight is 392 g/mol. The summed E-state index contributed by atoms with van der Waals surface area (Å²) in [6.07, 6.45) is -2.85. The number of alkyl halides is 3. The zero-order valence-electron chi connectivity index (χ0n) is 15.4. The summed E-state index contributed by atoms with van der Waals surface area (Å²) >= 11 is 0. The van der Waals surface area contributed by atoms with Gasteiger partial charge < -0.3 is 9.47 Å². The molecule has 8 heteroatoms. The molecule has 0 saturated carbocycles. The van der Waals surface area contributed by atoms with Gasteiger partial charge in [0.1, 0.15) is 5.75 Å². The predicted molar refractivity (Wildman–Crippen MR) is 97.4 cm³/mol. The van der Waals surface area contributed by atoms with E-state index in [-0.39, 0.29) is 12.5 Å². The molecule has 0 fully saturated rings. The van der Waals surface area contributed by atoms with Crippen LogP contribution >= 0.6 is 0 Å². The lowest BCUT2D eigenvalue weighted by Gasteiger charge is -2.10. The second-order valence-corrected chi connectivity index (χ2v) is 6.66. The fraction of sp³-hybridized carbons (Fsp3) is 0.300. The van der Waals surface area contributed by atoms with Crippen LogP contribution in [0, 0.1) is 5.92 Å². The quantitative estimate of drug-likeness (QED) is 0.575. The third-order valence-corrected chi connectivity index (χ3v) is 3.94. The van der Waals surface area contributed by atoms with E-state index in [0.29, 0.717) is 28.9 Å². The molecule has 3 aromatic rings. The molecule has 28 heavy (non-hydrogen) atoms. The number of hydrogen-bond donors (Lipinski definition) is 0. The SMILES string of the molecule is CC(C)COC(=O)COc1cccc2c1cnn2-c1ccc(C(F)(F)F)cc1. The van der Waals surface area contributed by atoms with Gasteiger partial charge in [-0.2, -0.15) is 18.3 Å². The largest absolute Gasteiger partial charge is 0.481 e. The fourth-order valence-electron chi connectivity index (χ4n) is 2.59. The average Bonchev–Trinajstić information content (AvgIpc) is 3.08. The summed E-state index contributed by atoms with van der Waals surface area (Å²) in [5.41, 5.74) is 0.404. The van der Waals surface area contributed by atoms with Crippen LogP contribution in [0.25, 0.3) is 16.6 Å². The minimum absolute atomic E-state index is 0.231. The molecule has 0 aliphatic heterocycles. The number of esters is 1. The van der Waals surface area contributed by atoms with Crippen molar-refractivity contribution in [2.24, 2.45) is 5.92 Å². The molecule has 5 nitrogen and oxygen atoms in total. The molecule has 0 bridgehead atoms. The monoisotopic (exact) mass is 392 g/mol. The first kappa shape index (κ1) is 19.7. The maximum absolute atomic E-state index is 12.7. The Labute approximate surface area is 159 Å². The van der Waals surface area contributed by atoms with Gasteiger partial charge in [-0.3, -0.25) is 0 Å². The summed E-state index contributed by atoms with van der Waals surface area (Å²) in [7, 11) is 0. The van der Waals surface area contributed by atoms with E-state index < -0.39 is 17.7 Å². The van der Waals surface area contributed by atoms with Gasteiger partial charge in [0.25, 0.3) is 0 Å². The van der Waals surface area contributed by atoms with Crippen molar-refractivity contribution in [3.8, 4) is 11.4 Å². The maximum Gasteiger partial charge on any atom is 0.416 e. The molecule has 0 saturated heterocycles. The number of rotatable bonds is 6. The first-order valence-corrected chi connectivity index (χ1v) is 8.68. The van der Waals surface area contributed by atoms with E-state index in [4.69, 9.17) is 9.47 Å².